The van der Waals surface area contributed by atoms with Gasteiger partial charge in [-0.2, -0.15) is 0 Å². The van der Waals surface area contributed by atoms with Crippen molar-refractivity contribution in [2.45, 2.75) is 44.1 Å². The third-order valence-corrected chi connectivity index (χ3v) is 7.42. The number of rotatable bonds is 9. The summed E-state index contributed by atoms with van der Waals surface area (Å²) in [7, 11) is 1.69. The van der Waals surface area contributed by atoms with Gasteiger partial charge in [-0.25, -0.2) is 0 Å². The molecular formula is C31H31N5O5. The molecule has 0 spiro atoms. The summed E-state index contributed by atoms with van der Waals surface area (Å²) in [5.74, 6) is -1.77. The molecule has 41 heavy (non-hydrogen) atoms. The molecule has 3 atom stereocenters. The van der Waals surface area contributed by atoms with E-state index in [0.29, 0.717) is 17.5 Å². The van der Waals surface area contributed by atoms with E-state index in [0.717, 1.165) is 16.7 Å². The van der Waals surface area contributed by atoms with Crippen LogP contribution in [0.15, 0.2) is 78.9 Å². The average Bonchev–Trinajstić information content (AvgIpc) is 3.31. The summed E-state index contributed by atoms with van der Waals surface area (Å²) in [5.41, 5.74) is 3.43. The SMILES string of the molecule is CNC(C(=O)N[C@H](C(=O)NCc1ccc2c(c1)CN(C1CCC(=O)NC1=O)C2=O)c1ccccc1)c1ccccc1. The Hall–Kier alpha value is -4.83. The highest BCUT2D eigenvalue weighted by Crippen LogP contribution is 2.28. The van der Waals surface area contributed by atoms with Crippen LogP contribution in [0.4, 0.5) is 0 Å². The van der Waals surface area contributed by atoms with Crippen molar-refractivity contribution in [1.29, 1.82) is 0 Å². The Morgan fingerprint density at radius 2 is 1.56 bits per heavy atom. The smallest absolute Gasteiger partial charge is 0.255 e. The molecule has 0 saturated carbocycles. The highest BCUT2D eigenvalue weighted by molar-refractivity contribution is 6.05. The minimum Gasteiger partial charge on any atom is -0.350 e. The minimum absolute atomic E-state index is 0.173. The van der Waals surface area contributed by atoms with Crippen molar-refractivity contribution < 1.29 is 24.0 Å². The Labute approximate surface area is 237 Å². The predicted octanol–water partition coefficient (Wildman–Crippen LogP) is 1.88. The molecular weight excluding hydrogens is 522 g/mol. The molecule has 10 heteroatoms. The van der Waals surface area contributed by atoms with Gasteiger partial charge in [0.15, 0.2) is 0 Å². The second-order valence-electron chi connectivity index (χ2n) is 10.1. The first kappa shape index (κ1) is 27.7. The fourth-order valence-corrected chi connectivity index (χ4v) is 5.29. The lowest BCUT2D eigenvalue weighted by Crippen LogP contribution is -2.52. The number of hydrogen-bond acceptors (Lipinski definition) is 6. The van der Waals surface area contributed by atoms with Gasteiger partial charge in [-0.05, 0) is 41.8 Å². The van der Waals surface area contributed by atoms with E-state index in [1.54, 1.807) is 43.4 Å². The van der Waals surface area contributed by atoms with Crippen LogP contribution < -0.4 is 21.3 Å². The number of amides is 5. The first-order valence-electron chi connectivity index (χ1n) is 13.5. The van der Waals surface area contributed by atoms with Crippen LogP contribution in [-0.4, -0.2) is 47.5 Å². The van der Waals surface area contributed by atoms with E-state index in [4.69, 9.17) is 0 Å². The van der Waals surface area contributed by atoms with E-state index in [1.165, 1.54) is 4.90 Å². The molecule has 2 unspecified atom stereocenters. The number of imide groups is 1. The summed E-state index contributed by atoms with van der Waals surface area (Å²) in [6, 6.07) is 21.3. The molecule has 1 fully saturated rings. The van der Waals surface area contributed by atoms with E-state index in [-0.39, 0.29) is 43.1 Å². The van der Waals surface area contributed by atoms with Gasteiger partial charge in [0.1, 0.15) is 18.1 Å². The quantitative estimate of drug-likeness (QED) is 0.299. The monoisotopic (exact) mass is 553 g/mol. The Morgan fingerprint density at radius 3 is 2.20 bits per heavy atom. The lowest BCUT2D eigenvalue weighted by Gasteiger charge is -2.29. The molecule has 0 radical (unpaired) electrons. The van der Waals surface area contributed by atoms with Gasteiger partial charge in [-0.1, -0.05) is 72.8 Å². The van der Waals surface area contributed by atoms with Gasteiger partial charge in [-0.3, -0.25) is 29.3 Å². The Balaban J connectivity index is 1.27. The molecule has 0 aliphatic carbocycles. The zero-order chi connectivity index (χ0) is 28.9. The molecule has 2 aliphatic rings. The number of nitrogens with one attached hydrogen (secondary N) is 4. The second kappa shape index (κ2) is 12.1. The summed E-state index contributed by atoms with van der Waals surface area (Å²) in [6.07, 6.45) is 0.478. The number of likely N-dealkylation sites (N-methyl/N-ethyl adjacent to an activating group) is 1. The van der Waals surface area contributed by atoms with Crippen LogP contribution in [0.5, 0.6) is 0 Å². The van der Waals surface area contributed by atoms with Crippen LogP contribution in [0, 0.1) is 0 Å². The van der Waals surface area contributed by atoms with Gasteiger partial charge in [0, 0.05) is 25.1 Å². The molecule has 3 aromatic rings. The lowest BCUT2D eigenvalue weighted by atomic mass is 10.0. The molecule has 0 aromatic heterocycles. The molecule has 5 amide bonds. The molecule has 10 nitrogen and oxygen atoms in total. The van der Waals surface area contributed by atoms with Crippen molar-refractivity contribution in [2.24, 2.45) is 0 Å². The zero-order valence-corrected chi connectivity index (χ0v) is 22.6. The molecule has 3 aromatic carbocycles. The first-order valence-corrected chi connectivity index (χ1v) is 13.5. The van der Waals surface area contributed by atoms with Gasteiger partial charge in [0.05, 0.1) is 0 Å². The lowest BCUT2D eigenvalue weighted by molar-refractivity contribution is -0.137. The summed E-state index contributed by atoms with van der Waals surface area (Å²) < 4.78 is 0. The highest BCUT2D eigenvalue weighted by atomic mass is 16.2. The second-order valence-corrected chi connectivity index (χ2v) is 10.1. The number of benzene rings is 3. The molecule has 210 valence electrons. The van der Waals surface area contributed by atoms with Crippen molar-refractivity contribution in [1.82, 2.24) is 26.2 Å². The van der Waals surface area contributed by atoms with Gasteiger partial charge >= 0.3 is 0 Å². The Morgan fingerprint density at radius 1 is 0.902 bits per heavy atom. The number of piperidine rings is 1. The van der Waals surface area contributed by atoms with Crippen molar-refractivity contribution in [3.8, 4) is 0 Å². The number of carbonyl (C=O) groups excluding carboxylic acids is 5. The van der Waals surface area contributed by atoms with Crippen LogP contribution in [0.1, 0.15) is 57.5 Å². The van der Waals surface area contributed by atoms with E-state index in [2.05, 4.69) is 21.3 Å². The maximum absolute atomic E-state index is 13.4. The number of nitrogens with zero attached hydrogens (tertiary/aromatic N) is 1. The number of carbonyl (C=O) groups is 5. The third kappa shape index (κ3) is 6.02. The molecule has 5 rings (SSSR count). The first-order chi connectivity index (χ1) is 19.9. The van der Waals surface area contributed by atoms with Crippen molar-refractivity contribution in [3.05, 3.63) is 107 Å². The van der Waals surface area contributed by atoms with Crippen LogP contribution in [-0.2, 0) is 32.3 Å². The molecule has 2 aliphatic heterocycles. The maximum Gasteiger partial charge on any atom is 0.255 e. The average molecular weight is 554 g/mol. The highest BCUT2D eigenvalue weighted by Gasteiger charge is 2.39. The zero-order valence-electron chi connectivity index (χ0n) is 22.6. The van der Waals surface area contributed by atoms with Crippen LogP contribution in [0.3, 0.4) is 0 Å². The van der Waals surface area contributed by atoms with Crippen LogP contribution in [0.2, 0.25) is 0 Å². The summed E-state index contributed by atoms with van der Waals surface area (Å²) in [6.45, 7) is 0.419. The normalized spacial score (nSPS) is 17.8. The Kier molecular flexibility index (Phi) is 8.21. The summed E-state index contributed by atoms with van der Waals surface area (Å²) in [4.78, 5) is 65.0. The topological polar surface area (TPSA) is 137 Å². The van der Waals surface area contributed by atoms with Gasteiger partial charge < -0.3 is 20.9 Å². The molecule has 2 heterocycles. The van der Waals surface area contributed by atoms with Crippen LogP contribution >= 0.6 is 0 Å². The van der Waals surface area contributed by atoms with E-state index in [1.807, 2.05) is 42.5 Å². The van der Waals surface area contributed by atoms with Crippen molar-refractivity contribution in [3.63, 3.8) is 0 Å². The fraction of sp³-hybridized carbons (Fsp3) is 0.258. The Bertz CT molecular complexity index is 1480. The standard InChI is InChI=1S/C31H31N5O5/c1-32-26(20-8-4-2-5-9-20)30(40)35-27(21-10-6-3-7-11-21)29(39)33-17-19-12-13-23-22(16-19)18-36(31(23)41)24-14-15-25(37)34-28(24)38/h2-13,16,24,26-27,32H,14-15,17-18H2,1H3,(H,33,39)(H,35,40)(H,34,37,38)/t24?,26?,27-/m0/s1. The van der Waals surface area contributed by atoms with Gasteiger partial charge in [0.25, 0.3) is 5.91 Å². The molecule has 0 bridgehead atoms. The van der Waals surface area contributed by atoms with E-state index >= 15 is 0 Å². The van der Waals surface area contributed by atoms with Crippen LogP contribution in [0.25, 0.3) is 0 Å². The fourth-order valence-electron chi connectivity index (χ4n) is 5.29. The summed E-state index contributed by atoms with van der Waals surface area (Å²) in [5, 5.41) is 11.1. The molecule has 1 saturated heterocycles. The van der Waals surface area contributed by atoms with Gasteiger partial charge in [-0.15, -0.1) is 0 Å². The van der Waals surface area contributed by atoms with Crippen molar-refractivity contribution in [2.75, 3.05) is 7.05 Å². The third-order valence-electron chi connectivity index (χ3n) is 7.42. The number of fused-ring (bicyclic) bond motifs is 1. The minimum atomic E-state index is -0.928. The largest absolute Gasteiger partial charge is 0.350 e. The van der Waals surface area contributed by atoms with E-state index < -0.39 is 24.0 Å². The summed E-state index contributed by atoms with van der Waals surface area (Å²) >= 11 is 0. The predicted molar refractivity (Wildman–Crippen MR) is 150 cm³/mol. The van der Waals surface area contributed by atoms with E-state index in [9.17, 15) is 24.0 Å². The number of hydrogen-bond donors (Lipinski definition) is 4. The van der Waals surface area contributed by atoms with Crippen molar-refractivity contribution >= 4 is 29.5 Å². The van der Waals surface area contributed by atoms with Gasteiger partial charge in [0.2, 0.25) is 23.6 Å². The molecule has 4 N–H and O–H groups in total. The maximum atomic E-state index is 13.4.